The summed E-state index contributed by atoms with van der Waals surface area (Å²) in [5, 5.41) is 11.8. The number of methoxy groups -OCH3 is 1. The Morgan fingerprint density at radius 1 is 1.11 bits per heavy atom. The van der Waals surface area contributed by atoms with Crippen LogP contribution >= 0.6 is 0 Å². The zero-order valence-corrected chi connectivity index (χ0v) is 21.8. The molecule has 0 aromatic carbocycles. The van der Waals surface area contributed by atoms with Gasteiger partial charge in [0.15, 0.2) is 11.6 Å². The summed E-state index contributed by atoms with van der Waals surface area (Å²) in [7, 11) is 1.03. The van der Waals surface area contributed by atoms with E-state index in [0.29, 0.717) is 0 Å². The smallest absolute Gasteiger partial charge is 0.346 e. The number of ether oxygens (including phenoxy) is 3. The van der Waals surface area contributed by atoms with E-state index in [2.05, 4.69) is 0 Å². The Hall–Kier alpha value is -3.27. The van der Waals surface area contributed by atoms with Gasteiger partial charge in [-0.1, -0.05) is 13.0 Å². The molecule has 0 bridgehead atoms. The lowest BCUT2D eigenvalue weighted by Gasteiger charge is -2.53. The Morgan fingerprint density at radius 3 is 2.35 bits per heavy atom. The largest absolute Gasteiger partial charge is 0.472 e. The molecule has 1 aliphatic carbocycles. The number of ketones is 2. The van der Waals surface area contributed by atoms with Gasteiger partial charge in [-0.15, -0.1) is 0 Å². The molecular formula is C27H32O10. The standard InChI is InChI=1S/C27H32O10/c1-15-17(25(5)26(13-19(29)37-25)11-8-18(28)36-23(26,2)3)7-10-24(4,21(31)16-9-12-35-14-16)27(33,20(15)30)22(32)34-6/h8-9,11-12,14-15,17,33H,7,10,13H2,1-6H3. The van der Waals surface area contributed by atoms with Crippen molar-refractivity contribution in [3.63, 3.8) is 0 Å². The summed E-state index contributed by atoms with van der Waals surface area (Å²) < 4.78 is 21.5. The molecule has 6 unspecified atom stereocenters. The fourth-order valence-corrected chi connectivity index (χ4v) is 6.87. The van der Waals surface area contributed by atoms with Gasteiger partial charge in [0, 0.05) is 17.9 Å². The van der Waals surface area contributed by atoms with Crippen LogP contribution in [0.2, 0.25) is 0 Å². The van der Waals surface area contributed by atoms with Gasteiger partial charge in [0.1, 0.15) is 17.5 Å². The Morgan fingerprint density at radius 2 is 1.78 bits per heavy atom. The summed E-state index contributed by atoms with van der Waals surface area (Å²) in [5.74, 6) is -5.76. The molecule has 3 heterocycles. The van der Waals surface area contributed by atoms with E-state index in [9.17, 15) is 29.1 Å². The average Bonchev–Trinajstić information content (AvgIpc) is 3.44. The van der Waals surface area contributed by atoms with Crippen molar-refractivity contribution in [3.05, 3.63) is 36.3 Å². The highest BCUT2D eigenvalue weighted by atomic mass is 16.6. The van der Waals surface area contributed by atoms with E-state index in [-0.39, 0.29) is 24.8 Å². The number of rotatable bonds is 4. The number of furan rings is 1. The quantitative estimate of drug-likeness (QED) is 0.208. The van der Waals surface area contributed by atoms with Crippen LogP contribution in [0.25, 0.3) is 0 Å². The Kier molecular flexibility index (Phi) is 6.06. The van der Waals surface area contributed by atoms with Gasteiger partial charge < -0.3 is 23.7 Å². The Balaban J connectivity index is 1.89. The van der Waals surface area contributed by atoms with Crippen molar-refractivity contribution in [2.45, 2.75) is 70.7 Å². The molecule has 10 nitrogen and oxygen atoms in total. The second-order valence-electron chi connectivity index (χ2n) is 11.2. The van der Waals surface area contributed by atoms with E-state index in [0.717, 1.165) is 7.11 Å². The average molecular weight is 517 g/mol. The number of aliphatic hydroxyl groups is 1. The van der Waals surface area contributed by atoms with Crippen molar-refractivity contribution in [3.8, 4) is 0 Å². The van der Waals surface area contributed by atoms with Gasteiger partial charge in [-0.05, 0) is 46.6 Å². The lowest BCUT2D eigenvalue weighted by atomic mass is 9.55. The molecule has 0 radical (unpaired) electrons. The molecule has 200 valence electrons. The number of Topliss-reactive ketones (excluding diaryl/α,β-unsaturated/α-hetero) is 2. The van der Waals surface area contributed by atoms with E-state index in [1.807, 2.05) is 0 Å². The molecule has 2 fully saturated rings. The van der Waals surface area contributed by atoms with Crippen LogP contribution in [0.1, 0.15) is 64.2 Å². The molecule has 4 rings (SSSR count). The van der Waals surface area contributed by atoms with Gasteiger partial charge >= 0.3 is 17.9 Å². The fraction of sp³-hybridized carbons (Fsp3) is 0.593. The van der Waals surface area contributed by atoms with E-state index in [1.54, 1.807) is 26.8 Å². The molecule has 1 N–H and O–H groups in total. The lowest BCUT2D eigenvalue weighted by Crippen LogP contribution is -2.64. The molecule has 3 aliphatic rings. The van der Waals surface area contributed by atoms with Gasteiger partial charge in [-0.25, -0.2) is 9.59 Å². The molecular weight excluding hydrogens is 484 g/mol. The Bertz CT molecular complexity index is 1200. The van der Waals surface area contributed by atoms with Crippen LogP contribution in [-0.2, 0) is 33.4 Å². The SMILES string of the molecule is COC(=O)C1(O)C(=O)C(C)C(C2(C)OC(=O)CC23C=CC(=O)OC3(C)C)CCC1(C)C(=O)c1ccoc1. The van der Waals surface area contributed by atoms with Crippen LogP contribution in [0, 0.1) is 22.7 Å². The first-order valence-corrected chi connectivity index (χ1v) is 12.2. The minimum atomic E-state index is -2.82. The maximum Gasteiger partial charge on any atom is 0.346 e. The molecule has 1 saturated heterocycles. The van der Waals surface area contributed by atoms with Gasteiger partial charge in [0.05, 0.1) is 36.2 Å². The van der Waals surface area contributed by atoms with E-state index in [4.69, 9.17) is 18.6 Å². The zero-order chi connectivity index (χ0) is 27.6. The number of cyclic esters (lactones) is 2. The number of carbonyl (C=O) groups is 5. The number of hydrogen-bond donors (Lipinski definition) is 1. The summed E-state index contributed by atoms with van der Waals surface area (Å²) in [5.41, 5.74) is -8.38. The minimum Gasteiger partial charge on any atom is -0.472 e. The highest BCUT2D eigenvalue weighted by molar-refractivity contribution is 6.16. The maximum absolute atomic E-state index is 14.1. The predicted octanol–water partition coefficient (Wildman–Crippen LogP) is 2.57. The van der Waals surface area contributed by atoms with Crippen molar-refractivity contribution in [2.75, 3.05) is 7.11 Å². The van der Waals surface area contributed by atoms with Crippen LogP contribution in [0.3, 0.4) is 0 Å². The van der Waals surface area contributed by atoms with Gasteiger partial charge in [-0.2, -0.15) is 0 Å². The van der Waals surface area contributed by atoms with Gasteiger partial charge in [0.25, 0.3) is 0 Å². The van der Waals surface area contributed by atoms with E-state index < -0.39 is 68.9 Å². The first-order valence-electron chi connectivity index (χ1n) is 12.2. The highest BCUT2D eigenvalue weighted by Crippen LogP contribution is 2.62. The number of hydrogen-bond acceptors (Lipinski definition) is 10. The minimum absolute atomic E-state index is 0.0852. The third-order valence-corrected chi connectivity index (χ3v) is 9.17. The number of esters is 3. The number of carbonyl (C=O) groups excluding carboxylic acids is 5. The van der Waals surface area contributed by atoms with E-state index >= 15 is 0 Å². The lowest BCUT2D eigenvalue weighted by molar-refractivity contribution is -0.196. The van der Waals surface area contributed by atoms with E-state index in [1.165, 1.54) is 38.5 Å². The summed E-state index contributed by atoms with van der Waals surface area (Å²) in [6.07, 6.45) is 5.20. The third-order valence-electron chi connectivity index (χ3n) is 9.17. The summed E-state index contributed by atoms with van der Waals surface area (Å²) in [6, 6.07) is 1.39. The molecule has 1 saturated carbocycles. The monoisotopic (exact) mass is 516 g/mol. The van der Waals surface area contributed by atoms with Crippen LogP contribution in [0.5, 0.6) is 0 Å². The molecule has 1 spiro atoms. The molecule has 1 aromatic rings. The van der Waals surface area contributed by atoms with Gasteiger partial charge in [0.2, 0.25) is 5.60 Å². The first kappa shape index (κ1) is 26.8. The fourth-order valence-electron chi connectivity index (χ4n) is 6.87. The van der Waals surface area contributed by atoms with Crippen molar-refractivity contribution in [2.24, 2.45) is 22.7 Å². The molecule has 37 heavy (non-hydrogen) atoms. The van der Waals surface area contributed by atoms with Gasteiger partial charge in [-0.3, -0.25) is 14.4 Å². The topological polar surface area (TPSA) is 146 Å². The zero-order valence-electron chi connectivity index (χ0n) is 21.8. The molecule has 0 amide bonds. The van der Waals surface area contributed by atoms with Crippen LogP contribution in [0.15, 0.2) is 35.2 Å². The Labute approximate surface area is 214 Å². The third kappa shape index (κ3) is 3.37. The summed E-state index contributed by atoms with van der Waals surface area (Å²) >= 11 is 0. The van der Waals surface area contributed by atoms with Crippen molar-refractivity contribution < 1.29 is 47.7 Å². The second-order valence-corrected chi connectivity index (χ2v) is 11.2. The van der Waals surface area contributed by atoms with Crippen molar-refractivity contribution in [1.29, 1.82) is 0 Å². The first-order chi connectivity index (χ1) is 17.1. The molecule has 1 aromatic heterocycles. The molecule has 6 atom stereocenters. The van der Waals surface area contributed by atoms with Crippen LogP contribution in [-0.4, -0.2) is 58.5 Å². The second kappa shape index (κ2) is 8.37. The van der Waals surface area contributed by atoms with Crippen LogP contribution in [0.4, 0.5) is 0 Å². The predicted molar refractivity (Wildman–Crippen MR) is 126 cm³/mol. The maximum atomic E-state index is 14.1. The normalized spacial score (nSPS) is 39.2. The summed E-state index contributed by atoms with van der Waals surface area (Å²) in [6.45, 7) is 7.92. The highest BCUT2D eigenvalue weighted by Gasteiger charge is 2.73. The van der Waals surface area contributed by atoms with Crippen molar-refractivity contribution in [1.82, 2.24) is 0 Å². The summed E-state index contributed by atoms with van der Waals surface area (Å²) in [4.78, 5) is 65.7. The molecule has 10 heteroatoms. The van der Waals surface area contributed by atoms with Crippen LogP contribution < -0.4 is 0 Å². The molecule has 2 aliphatic heterocycles. The van der Waals surface area contributed by atoms with Crippen molar-refractivity contribution >= 4 is 29.5 Å².